The molecule has 0 saturated heterocycles. The maximum absolute atomic E-state index is 11.8. The predicted molar refractivity (Wildman–Crippen MR) is 90.6 cm³/mol. The van der Waals surface area contributed by atoms with E-state index in [-0.39, 0.29) is 23.2 Å². The first-order chi connectivity index (χ1) is 11.4. The number of carbonyl (C=O) groups is 2. The summed E-state index contributed by atoms with van der Waals surface area (Å²) in [6, 6.07) is 9.17. The van der Waals surface area contributed by atoms with E-state index in [0.29, 0.717) is 22.1 Å². The lowest BCUT2D eigenvalue weighted by atomic mass is 10.1. The van der Waals surface area contributed by atoms with Gasteiger partial charge in [-0.05, 0) is 37.3 Å². The molecule has 7 heteroatoms. The largest absolute Gasteiger partial charge is 0.493 e. The molecule has 126 valence electrons. The minimum Gasteiger partial charge on any atom is -0.493 e. The van der Waals surface area contributed by atoms with E-state index >= 15 is 0 Å². The number of Topliss-reactive ketones (excluding diaryl/α,β-unsaturated/α-hetero) is 1. The fraction of sp³-hybridized carbons (Fsp3) is 0.176. The smallest absolute Gasteiger partial charge is 0.349 e. The summed E-state index contributed by atoms with van der Waals surface area (Å²) in [6.07, 6.45) is 0. The van der Waals surface area contributed by atoms with Gasteiger partial charge >= 0.3 is 5.97 Å². The zero-order valence-electron chi connectivity index (χ0n) is 13.0. The van der Waals surface area contributed by atoms with E-state index in [4.69, 9.17) is 37.4 Å². The van der Waals surface area contributed by atoms with Crippen LogP contribution in [-0.4, -0.2) is 25.5 Å². The van der Waals surface area contributed by atoms with Gasteiger partial charge in [-0.15, -0.1) is 0 Å². The molecule has 2 aromatic rings. The first kappa shape index (κ1) is 18.1. The van der Waals surface area contributed by atoms with Gasteiger partial charge < -0.3 is 14.2 Å². The standard InChI is InChI=1S/C17H14Cl2O5/c1-10(20)11-3-6-15(16(7-11)22-2)23-9-17(21)24-12-4-5-13(18)14(19)8-12/h3-8H,9H2,1-2H3. The quantitative estimate of drug-likeness (QED) is 0.434. The molecule has 2 aromatic carbocycles. The number of ketones is 1. The van der Waals surface area contributed by atoms with Gasteiger partial charge in [0.15, 0.2) is 23.9 Å². The number of hydrogen-bond acceptors (Lipinski definition) is 5. The zero-order chi connectivity index (χ0) is 17.7. The van der Waals surface area contributed by atoms with Gasteiger partial charge in [0.2, 0.25) is 0 Å². The van der Waals surface area contributed by atoms with Crippen molar-refractivity contribution in [3.05, 3.63) is 52.0 Å². The van der Waals surface area contributed by atoms with Crippen LogP contribution in [0.5, 0.6) is 17.2 Å². The monoisotopic (exact) mass is 368 g/mol. The second-order valence-electron chi connectivity index (χ2n) is 4.76. The fourth-order valence-corrected chi connectivity index (χ4v) is 2.13. The van der Waals surface area contributed by atoms with Crippen LogP contribution in [0.25, 0.3) is 0 Å². The lowest BCUT2D eigenvalue weighted by Crippen LogP contribution is -2.18. The van der Waals surface area contributed by atoms with E-state index in [0.717, 1.165) is 0 Å². The van der Waals surface area contributed by atoms with Crippen LogP contribution in [0, 0.1) is 0 Å². The van der Waals surface area contributed by atoms with Crippen LogP contribution in [0.1, 0.15) is 17.3 Å². The third-order valence-electron chi connectivity index (χ3n) is 3.04. The third-order valence-corrected chi connectivity index (χ3v) is 3.78. The van der Waals surface area contributed by atoms with Crippen LogP contribution in [0.15, 0.2) is 36.4 Å². The summed E-state index contributed by atoms with van der Waals surface area (Å²) in [4.78, 5) is 23.2. The summed E-state index contributed by atoms with van der Waals surface area (Å²) >= 11 is 11.6. The molecule has 0 aliphatic carbocycles. The first-order valence-electron chi connectivity index (χ1n) is 6.88. The molecule has 0 radical (unpaired) electrons. The maximum Gasteiger partial charge on any atom is 0.349 e. The van der Waals surface area contributed by atoms with Gasteiger partial charge in [-0.3, -0.25) is 4.79 Å². The second kappa shape index (κ2) is 8.04. The Morgan fingerprint density at radius 2 is 1.75 bits per heavy atom. The average Bonchev–Trinajstić information content (AvgIpc) is 2.56. The van der Waals surface area contributed by atoms with E-state index in [1.54, 1.807) is 18.2 Å². The van der Waals surface area contributed by atoms with Crippen molar-refractivity contribution in [2.24, 2.45) is 0 Å². The molecule has 0 atom stereocenters. The Kier molecular flexibility index (Phi) is 6.06. The molecule has 0 bridgehead atoms. The highest BCUT2D eigenvalue weighted by Gasteiger charge is 2.12. The Bertz CT molecular complexity index is 774. The average molecular weight is 369 g/mol. The summed E-state index contributed by atoms with van der Waals surface area (Å²) in [5, 5.41) is 0.646. The van der Waals surface area contributed by atoms with Crippen LogP contribution in [-0.2, 0) is 4.79 Å². The molecule has 0 N–H and O–H groups in total. The molecule has 0 fully saturated rings. The topological polar surface area (TPSA) is 61.8 Å². The Hall–Kier alpha value is -2.24. The first-order valence-corrected chi connectivity index (χ1v) is 7.64. The maximum atomic E-state index is 11.8. The lowest BCUT2D eigenvalue weighted by molar-refractivity contribution is -0.136. The molecule has 2 rings (SSSR count). The Balaban J connectivity index is 2.00. The van der Waals surface area contributed by atoms with Gasteiger partial charge in [0.1, 0.15) is 5.75 Å². The minimum atomic E-state index is -0.619. The van der Waals surface area contributed by atoms with E-state index in [9.17, 15) is 9.59 Å². The Morgan fingerprint density at radius 1 is 1.00 bits per heavy atom. The number of hydrogen-bond donors (Lipinski definition) is 0. The van der Waals surface area contributed by atoms with E-state index < -0.39 is 5.97 Å². The number of rotatable bonds is 6. The molecule has 0 heterocycles. The molecule has 5 nitrogen and oxygen atoms in total. The van der Waals surface area contributed by atoms with Crippen molar-refractivity contribution in [2.75, 3.05) is 13.7 Å². The molecule has 0 saturated carbocycles. The van der Waals surface area contributed by atoms with Gasteiger partial charge in [-0.2, -0.15) is 0 Å². The normalized spacial score (nSPS) is 10.2. The molecule has 0 aromatic heterocycles. The van der Waals surface area contributed by atoms with Crippen LogP contribution >= 0.6 is 23.2 Å². The van der Waals surface area contributed by atoms with Crippen molar-refractivity contribution < 1.29 is 23.8 Å². The Labute approximate surface area is 149 Å². The van der Waals surface area contributed by atoms with Crippen molar-refractivity contribution in [1.82, 2.24) is 0 Å². The van der Waals surface area contributed by atoms with E-state index in [1.165, 1.54) is 32.2 Å². The third kappa shape index (κ3) is 4.63. The summed E-state index contributed by atoms with van der Waals surface area (Å²) < 4.78 is 15.6. The van der Waals surface area contributed by atoms with Crippen LogP contribution in [0.2, 0.25) is 10.0 Å². The number of halogens is 2. The van der Waals surface area contributed by atoms with Crippen molar-refractivity contribution in [3.8, 4) is 17.2 Å². The SMILES string of the molecule is COc1cc(C(C)=O)ccc1OCC(=O)Oc1ccc(Cl)c(Cl)c1. The zero-order valence-corrected chi connectivity index (χ0v) is 14.5. The van der Waals surface area contributed by atoms with Crippen molar-refractivity contribution in [3.63, 3.8) is 0 Å². The molecule has 0 amide bonds. The van der Waals surface area contributed by atoms with E-state index in [2.05, 4.69) is 0 Å². The number of carbonyl (C=O) groups excluding carboxylic acids is 2. The molecule has 0 aliphatic rings. The van der Waals surface area contributed by atoms with Gasteiger partial charge in [0.25, 0.3) is 0 Å². The lowest BCUT2D eigenvalue weighted by Gasteiger charge is -2.11. The fourth-order valence-electron chi connectivity index (χ4n) is 1.84. The molecule has 24 heavy (non-hydrogen) atoms. The van der Waals surface area contributed by atoms with Gasteiger partial charge in [0, 0.05) is 11.6 Å². The highest BCUT2D eigenvalue weighted by molar-refractivity contribution is 6.42. The highest BCUT2D eigenvalue weighted by atomic mass is 35.5. The molecule has 0 aliphatic heterocycles. The summed E-state index contributed by atoms with van der Waals surface area (Å²) in [7, 11) is 1.44. The van der Waals surface area contributed by atoms with E-state index in [1.807, 2.05) is 0 Å². The van der Waals surface area contributed by atoms with Gasteiger partial charge in [0.05, 0.1) is 17.2 Å². The van der Waals surface area contributed by atoms with Crippen molar-refractivity contribution >= 4 is 35.0 Å². The van der Waals surface area contributed by atoms with Crippen LogP contribution < -0.4 is 14.2 Å². The predicted octanol–water partition coefficient (Wildman–Crippen LogP) is 4.19. The Morgan fingerprint density at radius 3 is 2.38 bits per heavy atom. The molecular weight excluding hydrogens is 355 g/mol. The molecule has 0 spiro atoms. The second-order valence-corrected chi connectivity index (χ2v) is 5.57. The molecule has 0 unspecified atom stereocenters. The highest BCUT2D eigenvalue weighted by Crippen LogP contribution is 2.29. The summed E-state index contributed by atoms with van der Waals surface area (Å²) in [5.41, 5.74) is 0.484. The number of esters is 1. The summed E-state index contributed by atoms with van der Waals surface area (Å²) in [6.45, 7) is 1.11. The van der Waals surface area contributed by atoms with Crippen molar-refractivity contribution in [2.45, 2.75) is 6.92 Å². The van der Waals surface area contributed by atoms with Gasteiger partial charge in [-0.1, -0.05) is 23.2 Å². The summed E-state index contributed by atoms with van der Waals surface area (Å²) in [5.74, 6) is 0.223. The van der Waals surface area contributed by atoms with Crippen LogP contribution in [0.3, 0.4) is 0 Å². The number of methoxy groups -OCH3 is 1. The number of ether oxygens (including phenoxy) is 3. The molecular formula is C17H14Cl2O5. The van der Waals surface area contributed by atoms with Crippen molar-refractivity contribution in [1.29, 1.82) is 0 Å². The van der Waals surface area contributed by atoms with Crippen LogP contribution in [0.4, 0.5) is 0 Å². The minimum absolute atomic E-state index is 0.0983. The number of benzene rings is 2. The van der Waals surface area contributed by atoms with Gasteiger partial charge in [-0.25, -0.2) is 4.79 Å².